The van der Waals surface area contributed by atoms with Crippen molar-refractivity contribution in [2.45, 2.75) is 20.4 Å². The van der Waals surface area contributed by atoms with Gasteiger partial charge in [0, 0.05) is 18.4 Å². The molecule has 3 aromatic rings. The normalized spacial score (nSPS) is 10.3. The molecule has 0 saturated carbocycles. The molecule has 0 unspecified atom stereocenters. The van der Waals surface area contributed by atoms with Gasteiger partial charge < -0.3 is 10.6 Å². The molecular weight excluding hydrogens is 310 g/mol. The first-order chi connectivity index (χ1) is 12.1. The number of rotatable bonds is 5. The van der Waals surface area contributed by atoms with Crippen LogP contribution in [0.1, 0.15) is 27.0 Å². The lowest BCUT2D eigenvalue weighted by molar-refractivity contribution is 0.0950. The minimum absolute atomic E-state index is 0.137. The van der Waals surface area contributed by atoms with Gasteiger partial charge in [-0.2, -0.15) is 0 Å². The lowest BCUT2D eigenvalue weighted by Crippen LogP contribution is -2.23. The predicted octanol–water partition coefficient (Wildman–Crippen LogP) is 4.37. The number of nitrogens with one attached hydrogen (secondary N) is 2. The van der Waals surface area contributed by atoms with Crippen LogP contribution in [0.3, 0.4) is 0 Å². The Morgan fingerprint density at radius 3 is 2.44 bits per heavy atom. The third-order valence-electron chi connectivity index (χ3n) is 3.84. The van der Waals surface area contributed by atoms with Crippen LogP contribution in [0.25, 0.3) is 0 Å². The molecule has 0 atom stereocenters. The van der Waals surface area contributed by atoms with Crippen molar-refractivity contribution in [3.8, 4) is 0 Å². The van der Waals surface area contributed by atoms with Gasteiger partial charge in [0.2, 0.25) is 0 Å². The maximum absolute atomic E-state index is 12.4. The SMILES string of the molecule is Cc1cccc(CNC(=O)c2cncc(Nc3cccc(C)c3)c2)c1. The van der Waals surface area contributed by atoms with Gasteiger partial charge in [-0.05, 0) is 43.2 Å². The Morgan fingerprint density at radius 1 is 0.920 bits per heavy atom. The molecule has 0 bridgehead atoms. The fourth-order valence-corrected chi connectivity index (χ4v) is 2.63. The molecule has 1 heterocycles. The monoisotopic (exact) mass is 331 g/mol. The highest BCUT2D eigenvalue weighted by atomic mass is 16.1. The Bertz CT molecular complexity index is 890. The fourth-order valence-electron chi connectivity index (χ4n) is 2.63. The lowest BCUT2D eigenvalue weighted by Gasteiger charge is -2.09. The summed E-state index contributed by atoms with van der Waals surface area (Å²) in [6.45, 7) is 4.57. The standard InChI is InChI=1S/C21H21N3O/c1-15-5-3-7-17(9-15)12-23-21(25)18-11-20(14-22-13-18)24-19-8-4-6-16(2)10-19/h3-11,13-14,24H,12H2,1-2H3,(H,23,25). The molecule has 0 fully saturated rings. The van der Waals surface area contributed by atoms with E-state index in [1.165, 1.54) is 11.1 Å². The van der Waals surface area contributed by atoms with E-state index < -0.39 is 0 Å². The number of benzene rings is 2. The van der Waals surface area contributed by atoms with E-state index in [4.69, 9.17) is 0 Å². The predicted molar refractivity (Wildman–Crippen MR) is 101 cm³/mol. The molecule has 2 aromatic carbocycles. The summed E-state index contributed by atoms with van der Waals surface area (Å²) >= 11 is 0. The van der Waals surface area contributed by atoms with Crippen LogP contribution in [-0.2, 0) is 6.54 Å². The van der Waals surface area contributed by atoms with Crippen molar-refractivity contribution < 1.29 is 4.79 Å². The maximum Gasteiger partial charge on any atom is 0.253 e. The number of pyridine rings is 1. The van der Waals surface area contributed by atoms with Crippen LogP contribution in [0.15, 0.2) is 67.0 Å². The molecule has 3 rings (SSSR count). The van der Waals surface area contributed by atoms with E-state index in [2.05, 4.69) is 21.7 Å². The van der Waals surface area contributed by atoms with Crippen LogP contribution in [0.2, 0.25) is 0 Å². The zero-order chi connectivity index (χ0) is 17.6. The Labute approximate surface area is 147 Å². The van der Waals surface area contributed by atoms with Gasteiger partial charge in [0.25, 0.3) is 5.91 Å². The molecular formula is C21H21N3O. The van der Waals surface area contributed by atoms with Gasteiger partial charge in [-0.15, -0.1) is 0 Å². The molecule has 0 saturated heterocycles. The molecule has 4 nitrogen and oxygen atoms in total. The molecule has 0 aliphatic heterocycles. The lowest BCUT2D eigenvalue weighted by atomic mass is 10.1. The quantitative estimate of drug-likeness (QED) is 0.730. The van der Waals surface area contributed by atoms with E-state index in [0.717, 1.165) is 16.9 Å². The number of anilines is 2. The zero-order valence-electron chi connectivity index (χ0n) is 14.4. The number of amides is 1. The van der Waals surface area contributed by atoms with Gasteiger partial charge in [-0.1, -0.05) is 42.0 Å². The van der Waals surface area contributed by atoms with E-state index in [0.29, 0.717) is 12.1 Å². The molecule has 2 N–H and O–H groups in total. The largest absolute Gasteiger partial charge is 0.354 e. The molecule has 0 radical (unpaired) electrons. The van der Waals surface area contributed by atoms with Crippen LogP contribution in [0.5, 0.6) is 0 Å². The Kier molecular flexibility index (Phi) is 5.09. The van der Waals surface area contributed by atoms with E-state index in [1.54, 1.807) is 18.5 Å². The van der Waals surface area contributed by atoms with Crippen molar-refractivity contribution in [1.29, 1.82) is 0 Å². The molecule has 1 aromatic heterocycles. The summed E-state index contributed by atoms with van der Waals surface area (Å²) < 4.78 is 0. The minimum atomic E-state index is -0.137. The van der Waals surface area contributed by atoms with Crippen molar-refractivity contribution in [3.63, 3.8) is 0 Å². The highest BCUT2D eigenvalue weighted by Gasteiger charge is 2.07. The molecule has 0 aliphatic carbocycles. The number of carbonyl (C=O) groups excluding carboxylic acids is 1. The van der Waals surface area contributed by atoms with Gasteiger partial charge in [0.1, 0.15) is 0 Å². The van der Waals surface area contributed by atoms with E-state index >= 15 is 0 Å². The first-order valence-electron chi connectivity index (χ1n) is 8.23. The first-order valence-corrected chi connectivity index (χ1v) is 8.23. The van der Waals surface area contributed by atoms with Gasteiger partial charge in [-0.3, -0.25) is 9.78 Å². The third kappa shape index (κ3) is 4.67. The summed E-state index contributed by atoms with van der Waals surface area (Å²) in [6.07, 6.45) is 3.28. The fraction of sp³-hybridized carbons (Fsp3) is 0.143. The van der Waals surface area contributed by atoms with Crippen molar-refractivity contribution in [2.75, 3.05) is 5.32 Å². The number of carbonyl (C=O) groups is 1. The zero-order valence-corrected chi connectivity index (χ0v) is 14.4. The summed E-state index contributed by atoms with van der Waals surface area (Å²) in [7, 11) is 0. The van der Waals surface area contributed by atoms with Gasteiger partial charge >= 0.3 is 0 Å². The Morgan fingerprint density at radius 2 is 1.68 bits per heavy atom. The number of nitrogens with zero attached hydrogens (tertiary/aromatic N) is 1. The van der Waals surface area contributed by atoms with Crippen LogP contribution in [0, 0.1) is 13.8 Å². The number of aryl methyl sites for hydroxylation is 2. The van der Waals surface area contributed by atoms with Crippen molar-refractivity contribution in [1.82, 2.24) is 10.3 Å². The van der Waals surface area contributed by atoms with E-state index in [9.17, 15) is 4.79 Å². The van der Waals surface area contributed by atoms with Gasteiger partial charge in [0.15, 0.2) is 0 Å². The van der Waals surface area contributed by atoms with Crippen LogP contribution in [-0.4, -0.2) is 10.9 Å². The van der Waals surface area contributed by atoms with E-state index in [-0.39, 0.29) is 5.91 Å². The Hall–Kier alpha value is -3.14. The minimum Gasteiger partial charge on any atom is -0.354 e. The second-order valence-electron chi connectivity index (χ2n) is 6.13. The molecule has 0 spiro atoms. The highest BCUT2D eigenvalue weighted by molar-refractivity contribution is 5.94. The number of aromatic nitrogens is 1. The average Bonchev–Trinajstić information content (AvgIpc) is 2.60. The van der Waals surface area contributed by atoms with Gasteiger partial charge in [0.05, 0.1) is 17.4 Å². The van der Waals surface area contributed by atoms with Crippen LogP contribution in [0.4, 0.5) is 11.4 Å². The van der Waals surface area contributed by atoms with Crippen LogP contribution < -0.4 is 10.6 Å². The smallest absolute Gasteiger partial charge is 0.253 e. The van der Waals surface area contributed by atoms with Crippen molar-refractivity contribution in [3.05, 3.63) is 89.2 Å². The van der Waals surface area contributed by atoms with Crippen LogP contribution >= 0.6 is 0 Å². The Balaban J connectivity index is 1.67. The third-order valence-corrected chi connectivity index (χ3v) is 3.84. The summed E-state index contributed by atoms with van der Waals surface area (Å²) in [5, 5.41) is 6.21. The summed E-state index contributed by atoms with van der Waals surface area (Å²) in [6, 6.07) is 18.0. The molecule has 126 valence electrons. The summed E-state index contributed by atoms with van der Waals surface area (Å²) in [5.74, 6) is -0.137. The summed E-state index contributed by atoms with van der Waals surface area (Å²) in [5.41, 5.74) is 5.72. The molecule has 1 amide bonds. The van der Waals surface area contributed by atoms with Gasteiger partial charge in [-0.25, -0.2) is 0 Å². The molecule has 4 heteroatoms. The topological polar surface area (TPSA) is 54.0 Å². The summed E-state index contributed by atoms with van der Waals surface area (Å²) in [4.78, 5) is 16.6. The molecule has 0 aliphatic rings. The number of hydrogen-bond acceptors (Lipinski definition) is 3. The van der Waals surface area contributed by atoms with Crippen molar-refractivity contribution in [2.24, 2.45) is 0 Å². The molecule has 25 heavy (non-hydrogen) atoms. The second-order valence-corrected chi connectivity index (χ2v) is 6.13. The van der Waals surface area contributed by atoms with Crippen molar-refractivity contribution >= 4 is 17.3 Å². The highest BCUT2D eigenvalue weighted by Crippen LogP contribution is 2.17. The average molecular weight is 331 g/mol. The van der Waals surface area contributed by atoms with E-state index in [1.807, 2.05) is 56.3 Å². The second kappa shape index (κ2) is 7.62. The first kappa shape index (κ1) is 16.7. The maximum atomic E-state index is 12.4. The number of hydrogen-bond donors (Lipinski definition) is 2.